The highest BCUT2D eigenvalue weighted by Crippen LogP contribution is 2.16. The second kappa shape index (κ2) is 17.1. The van der Waals surface area contributed by atoms with Crippen molar-refractivity contribution in [1.82, 2.24) is 31.9 Å². The highest BCUT2D eigenvalue weighted by Gasteiger charge is 2.43. The molecule has 0 saturated carbocycles. The molecule has 2 atom stereocenters. The average molecular weight is 699 g/mol. The lowest BCUT2D eigenvalue weighted by atomic mass is 9.94. The Balaban J connectivity index is 5.66. The van der Waals surface area contributed by atoms with Crippen LogP contribution in [0.25, 0.3) is 0 Å². The molecule has 0 heterocycles. The zero-order chi connectivity index (χ0) is 38.9. The lowest BCUT2D eigenvalue weighted by Gasteiger charge is -2.36. The number of amides is 6. The van der Waals surface area contributed by atoms with Crippen molar-refractivity contribution in [1.29, 1.82) is 0 Å². The summed E-state index contributed by atoms with van der Waals surface area (Å²) in [5, 5.41) is 15.7. The Kier molecular flexibility index (Phi) is 15.8. The third kappa shape index (κ3) is 15.5. The molecule has 0 aliphatic rings. The van der Waals surface area contributed by atoms with E-state index >= 15 is 0 Å². The summed E-state index contributed by atoms with van der Waals surface area (Å²) in [5.74, 6) is -3.90. The lowest BCUT2D eigenvalue weighted by Crippen LogP contribution is -2.68. The molecule has 0 fully saturated rings. The molecule has 282 valence electrons. The van der Waals surface area contributed by atoms with Crippen molar-refractivity contribution >= 4 is 41.6 Å². The molecule has 0 aromatic rings. The molecule has 6 amide bonds. The number of carbonyl (C=O) groups excluding carboxylic acids is 7. The fraction of sp³-hybridized carbons (Fsp3) is 0.794. The van der Waals surface area contributed by atoms with Crippen LogP contribution in [0.4, 0.5) is 4.79 Å². The maximum Gasteiger partial charge on any atom is 0.408 e. The van der Waals surface area contributed by atoms with Crippen LogP contribution in [-0.2, 0) is 38.2 Å². The summed E-state index contributed by atoms with van der Waals surface area (Å²) < 4.78 is 10.1. The van der Waals surface area contributed by atoms with Gasteiger partial charge in [0, 0.05) is 0 Å². The number of alkyl carbamates (subject to hydrolysis) is 1. The smallest absolute Gasteiger partial charge is 0.408 e. The molecule has 0 aromatic carbocycles. The van der Waals surface area contributed by atoms with E-state index in [1.54, 1.807) is 20.8 Å². The van der Waals surface area contributed by atoms with Gasteiger partial charge in [-0.25, -0.2) is 9.59 Å². The minimum atomic E-state index is -1.57. The maximum absolute atomic E-state index is 13.4. The molecule has 15 nitrogen and oxygen atoms in total. The molecule has 0 saturated heterocycles. The first-order chi connectivity index (χ1) is 21.9. The molecule has 0 radical (unpaired) electrons. The van der Waals surface area contributed by atoms with E-state index in [0.717, 1.165) is 0 Å². The van der Waals surface area contributed by atoms with Gasteiger partial charge in [0.25, 0.3) is 0 Å². The molecule has 0 aliphatic carbocycles. The zero-order valence-electron chi connectivity index (χ0n) is 32.4. The van der Waals surface area contributed by atoms with Gasteiger partial charge in [-0.05, 0) is 101 Å². The topological polar surface area (TPSA) is 210 Å². The molecule has 0 aromatic heterocycles. The standard InChI is InChI=1S/C34H62N6O9/c1-19(2)17-21(36-29(47)49-30(5,6)7)23(41)37-32(10,11)26(44)39-34(14,15)28(46)40-33(12,13)27(45)38-31(8,9)25(43)35-22(18-20(3)4)24(42)48-16/h19-22H,17-18H2,1-16H3,(H,35,43)(H,36,47)(H,37,41)(H,38,45)(H,39,44)(H,40,46)/t21-,22-/m0/s1. The molecule has 0 bridgehead atoms. The lowest BCUT2D eigenvalue weighted by molar-refractivity contribution is -0.146. The Bertz CT molecular complexity index is 1230. The quantitative estimate of drug-likeness (QED) is 0.130. The molecule has 0 rings (SSSR count). The van der Waals surface area contributed by atoms with Crippen molar-refractivity contribution in [2.45, 2.75) is 157 Å². The van der Waals surface area contributed by atoms with E-state index in [9.17, 15) is 33.6 Å². The Hall–Kier alpha value is -3.91. The molecule has 15 heteroatoms. The van der Waals surface area contributed by atoms with E-state index in [1.165, 1.54) is 62.5 Å². The molecule has 0 spiro atoms. The SMILES string of the molecule is COC(=O)[C@H](CC(C)C)NC(=O)C(C)(C)NC(=O)C(C)(C)NC(=O)C(C)(C)NC(=O)C(C)(C)NC(=O)[C@H](CC(C)C)NC(=O)OC(C)(C)C. The Morgan fingerprint density at radius 2 is 0.857 bits per heavy atom. The summed E-state index contributed by atoms with van der Waals surface area (Å²) in [4.78, 5) is 91.1. The van der Waals surface area contributed by atoms with Crippen LogP contribution in [0.2, 0.25) is 0 Å². The molecular formula is C34H62N6O9. The largest absolute Gasteiger partial charge is 0.467 e. The molecule has 0 unspecified atom stereocenters. The molecule has 6 N–H and O–H groups in total. The van der Waals surface area contributed by atoms with Crippen LogP contribution in [0, 0.1) is 11.8 Å². The fourth-order valence-electron chi connectivity index (χ4n) is 4.26. The fourth-order valence-corrected chi connectivity index (χ4v) is 4.26. The van der Waals surface area contributed by atoms with Gasteiger partial charge in [0.2, 0.25) is 29.5 Å². The third-order valence-electron chi connectivity index (χ3n) is 7.20. The first kappa shape index (κ1) is 45.1. The van der Waals surface area contributed by atoms with Gasteiger partial charge in [-0.1, -0.05) is 27.7 Å². The van der Waals surface area contributed by atoms with Crippen molar-refractivity contribution in [3.63, 3.8) is 0 Å². The van der Waals surface area contributed by atoms with Crippen LogP contribution < -0.4 is 31.9 Å². The van der Waals surface area contributed by atoms with Crippen LogP contribution in [0.15, 0.2) is 0 Å². The van der Waals surface area contributed by atoms with Crippen molar-refractivity contribution < 1.29 is 43.0 Å². The first-order valence-electron chi connectivity index (χ1n) is 16.5. The summed E-state index contributed by atoms with van der Waals surface area (Å²) in [6.07, 6.45) is -0.177. The van der Waals surface area contributed by atoms with E-state index in [4.69, 9.17) is 9.47 Å². The summed E-state index contributed by atoms with van der Waals surface area (Å²) >= 11 is 0. The number of esters is 1. The first-order valence-corrected chi connectivity index (χ1v) is 16.5. The third-order valence-corrected chi connectivity index (χ3v) is 7.20. The minimum absolute atomic E-state index is 0.0208. The highest BCUT2D eigenvalue weighted by molar-refractivity contribution is 6.00. The van der Waals surface area contributed by atoms with E-state index in [2.05, 4.69) is 31.9 Å². The second-order valence-electron chi connectivity index (χ2n) is 16.4. The van der Waals surface area contributed by atoms with Crippen LogP contribution in [0.1, 0.15) is 117 Å². The van der Waals surface area contributed by atoms with Crippen molar-refractivity contribution in [3.05, 3.63) is 0 Å². The Morgan fingerprint density at radius 1 is 0.510 bits per heavy atom. The monoisotopic (exact) mass is 698 g/mol. The highest BCUT2D eigenvalue weighted by atomic mass is 16.6. The second-order valence-corrected chi connectivity index (χ2v) is 16.4. The van der Waals surface area contributed by atoms with Crippen molar-refractivity contribution in [3.8, 4) is 0 Å². The van der Waals surface area contributed by atoms with Gasteiger partial charge < -0.3 is 41.4 Å². The van der Waals surface area contributed by atoms with Gasteiger partial charge in [-0.2, -0.15) is 0 Å². The number of nitrogens with one attached hydrogen (secondary N) is 6. The number of hydrogen-bond donors (Lipinski definition) is 6. The van der Waals surface area contributed by atoms with Gasteiger partial charge >= 0.3 is 12.1 Å². The number of carbonyl (C=O) groups is 7. The molecular weight excluding hydrogens is 636 g/mol. The Labute approximate surface area is 291 Å². The molecule has 49 heavy (non-hydrogen) atoms. The van der Waals surface area contributed by atoms with Gasteiger partial charge in [-0.3, -0.25) is 24.0 Å². The van der Waals surface area contributed by atoms with E-state index in [1.807, 2.05) is 27.7 Å². The number of methoxy groups -OCH3 is 1. The van der Waals surface area contributed by atoms with Gasteiger partial charge in [0.15, 0.2) is 0 Å². The zero-order valence-corrected chi connectivity index (χ0v) is 32.4. The number of rotatable bonds is 16. The molecule has 0 aliphatic heterocycles. The van der Waals surface area contributed by atoms with E-state index < -0.39 is 81.4 Å². The Morgan fingerprint density at radius 3 is 1.20 bits per heavy atom. The predicted molar refractivity (Wildman–Crippen MR) is 185 cm³/mol. The predicted octanol–water partition coefficient (Wildman–Crippen LogP) is 2.21. The van der Waals surface area contributed by atoms with Crippen LogP contribution in [0.3, 0.4) is 0 Å². The number of ether oxygens (including phenoxy) is 2. The normalized spacial score (nSPS) is 13.8. The van der Waals surface area contributed by atoms with E-state index in [-0.39, 0.29) is 18.3 Å². The maximum atomic E-state index is 13.4. The summed E-state index contributed by atoms with van der Waals surface area (Å²) in [7, 11) is 1.22. The van der Waals surface area contributed by atoms with Gasteiger partial charge in [0.05, 0.1) is 7.11 Å². The van der Waals surface area contributed by atoms with Gasteiger partial charge in [-0.15, -0.1) is 0 Å². The minimum Gasteiger partial charge on any atom is -0.467 e. The summed E-state index contributed by atoms with van der Waals surface area (Å²) in [6, 6.07) is -1.91. The van der Waals surface area contributed by atoms with Gasteiger partial charge in [0.1, 0.15) is 39.8 Å². The van der Waals surface area contributed by atoms with Crippen molar-refractivity contribution in [2.75, 3.05) is 7.11 Å². The van der Waals surface area contributed by atoms with E-state index in [0.29, 0.717) is 6.42 Å². The average Bonchev–Trinajstić information content (AvgIpc) is 2.89. The van der Waals surface area contributed by atoms with Crippen LogP contribution >= 0.6 is 0 Å². The van der Waals surface area contributed by atoms with Crippen LogP contribution in [0.5, 0.6) is 0 Å². The number of hydrogen-bond acceptors (Lipinski definition) is 9. The summed E-state index contributed by atoms with van der Waals surface area (Å²) in [5.41, 5.74) is -6.92. The van der Waals surface area contributed by atoms with Crippen LogP contribution in [-0.4, -0.2) is 88.5 Å². The summed E-state index contributed by atoms with van der Waals surface area (Å²) in [6.45, 7) is 24.1. The van der Waals surface area contributed by atoms with Crippen molar-refractivity contribution in [2.24, 2.45) is 11.8 Å².